The zero-order valence-corrected chi connectivity index (χ0v) is 15.4. The molecular weight excluding hydrogens is 302 g/mol. The largest absolute Gasteiger partial charge is 0.490 e. The molecule has 1 saturated carbocycles. The zero-order chi connectivity index (χ0) is 17.4. The number of nitrogens with one attached hydrogen (secondary N) is 2. The van der Waals surface area contributed by atoms with Crippen molar-refractivity contribution in [3.63, 3.8) is 0 Å². The topological polar surface area (TPSA) is 54.9 Å². The van der Waals surface area contributed by atoms with Crippen molar-refractivity contribution in [2.24, 2.45) is 4.99 Å². The van der Waals surface area contributed by atoms with E-state index in [0.29, 0.717) is 19.2 Å². The van der Waals surface area contributed by atoms with E-state index in [0.717, 1.165) is 36.7 Å². The Balaban J connectivity index is 1.99. The van der Waals surface area contributed by atoms with Crippen LogP contribution in [-0.4, -0.2) is 37.9 Å². The van der Waals surface area contributed by atoms with Crippen LogP contribution in [0.2, 0.25) is 0 Å². The number of hydrogen-bond donors (Lipinski definition) is 2. The molecule has 0 aliphatic heterocycles. The maximum atomic E-state index is 6.08. The van der Waals surface area contributed by atoms with Crippen molar-refractivity contribution >= 4 is 5.96 Å². The number of rotatable bonds is 8. The smallest absolute Gasteiger partial charge is 0.191 e. The van der Waals surface area contributed by atoms with Crippen molar-refractivity contribution in [1.29, 1.82) is 0 Å². The first-order valence-electron chi connectivity index (χ1n) is 8.86. The van der Waals surface area contributed by atoms with Gasteiger partial charge in [-0.2, -0.15) is 0 Å². The third kappa shape index (κ3) is 5.71. The highest BCUT2D eigenvalue weighted by Gasteiger charge is 2.20. The standard InChI is InChI=1S/C19H31N3O2/c1-5-20-18(22-14-19(2,3)23-4)21-13-15-9-6-7-12-17(15)24-16-10-8-11-16/h6-7,9,12,16H,5,8,10-11,13-14H2,1-4H3,(H2,20,21,22). The van der Waals surface area contributed by atoms with Crippen LogP contribution in [0.1, 0.15) is 45.6 Å². The molecule has 0 spiro atoms. The average Bonchev–Trinajstić information content (AvgIpc) is 2.54. The molecule has 24 heavy (non-hydrogen) atoms. The van der Waals surface area contributed by atoms with E-state index in [9.17, 15) is 0 Å². The van der Waals surface area contributed by atoms with Gasteiger partial charge in [-0.15, -0.1) is 0 Å². The van der Waals surface area contributed by atoms with Gasteiger partial charge in [0.2, 0.25) is 0 Å². The minimum absolute atomic E-state index is 0.235. The number of guanidine groups is 1. The van der Waals surface area contributed by atoms with Gasteiger partial charge in [0.1, 0.15) is 5.75 Å². The van der Waals surface area contributed by atoms with Gasteiger partial charge in [-0.1, -0.05) is 18.2 Å². The molecule has 1 aromatic carbocycles. The lowest BCUT2D eigenvalue weighted by atomic mass is 9.96. The first kappa shape index (κ1) is 18.6. The summed E-state index contributed by atoms with van der Waals surface area (Å²) in [4.78, 5) is 4.69. The lowest BCUT2D eigenvalue weighted by Gasteiger charge is -2.27. The Morgan fingerprint density at radius 1 is 1.25 bits per heavy atom. The van der Waals surface area contributed by atoms with Crippen LogP contribution in [0.3, 0.4) is 0 Å². The number of methoxy groups -OCH3 is 1. The number of benzene rings is 1. The van der Waals surface area contributed by atoms with Gasteiger partial charge in [-0.25, -0.2) is 4.99 Å². The third-order valence-electron chi connectivity index (χ3n) is 4.30. The summed E-state index contributed by atoms with van der Waals surface area (Å²) in [5.74, 6) is 1.75. The normalized spacial score (nSPS) is 15.8. The van der Waals surface area contributed by atoms with Crippen LogP contribution >= 0.6 is 0 Å². The predicted octanol–water partition coefficient (Wildman–Crippen LogP) is 3.10. The van der Waals surface area contributed by atoms with E-state index in [2.05, 4.69) is 23.6 Å². The van der Waals surface area contributed by atoms with Crippen LogP contribution in [0.4, 0.5) is 0 Å². The molecule has 1 aromatic rings. The molecule has 5 nitrogen and oxygen atoms in total. The molecule has 2 rings (SSSR count). The fourth-order valence-electron chi connectivity index (χ4n) is 2.29. The molecule has 1 aliphatic carbocycles. The monoisotopic (exact) mass is 333 g/mol. The Hall–Kier alpha value is -1.75. The lowest BCUT2D eigenvalue weighted by molar-refractivity contribution is 0.0268. The summed E-state index contributed by atoms with van der Waals surface area (Å²) in [6.45, 7) is 8.25. The molecule has 2 N–H and O–H groups in total. The van der Waals surface area contributed by atoms with Gasteiger partial charge in [0.05, 0.1) is 18.2 Å². The van der Waals surface area contributed by atoms with Gasteiger partial charge in [0.15, 0.2) is 5.96 Å². The summed E-state index contributed by atoms with van der Waals surface area (Å²) in [5, 5.41) is 6.61. The highest BCUT2D eigenvalue weighted by atomic mass is 16.5. The maximum Gasteiger partial charge on any atom is 0.191 e. The molecule has 134 valence electrons. The highest BCUT2D eigenvalue weighted by Crippen LogP contribution is 2.27. The van der Waals surface area contributed by atoms with Crippen LogP contribution < -0.4 is 15.4 Å². The summed E-state index contributed by atoms with van der Waals surface area (Å²) < 4.78 is 11.5. The third-order valence-corrected chi connectivity index (χ3v) is 4.30. The number of ether oxygens (including phenoxy) is 2. The summed E-state index contributed by atoms with van der Waals surface area (Å²) in [5.41, 5.74) is 0.883. The Morgan fingerprint density at radius 2 is 2.00 bits per heavy atom. The van der Waals surface area contributed by atoms with Crippen LogP contribution in [0.25, 0.3) is 0 Å². The first-order valence-corrected chi connectivity index (χ1v) is 8.86. The fraction of sp³-hybridized carbons (Fsp3) is 0.632. The maximum absolute atomic E-state index is 6.08. The molecule has 5 heteroatoms. The molecule has 0 saturated heterocycles. The summed E-state index contributed by atoms with van der Waals surface area (Å²) in [6.07, 6.45) is 3.97. The van der Waals surface area contributed by atoms with E-state index in [4.69, 9.17) is 14.5 Å². The van der Waals surface area contributed by atoms with E-state index in [1.807, 2.05) is 32.0 Å². The SMILES string of the molecule is CCNC(=NCc1ccccc1OC1CCC1)NCC(C)(C)OC. The highest BCUT2D eigenvalue weighted by molar-refractivity contribution is 5.79. The Kier molecular flexibility index (Phi) is 6.91. The zero-order valence-electron chi connectivity index (χ0n) is 15.4. The minimum atomic E-state index is -0.235. The van der Waals surface area contributed by atoms with Crippen molar-refractivity contribution in [2.75, 3.05) is 20.2 Å². The molecule has 1 aliphatic rings. The second-order valence-electron chi connectivity index (χ2n) is 6.79. The molecule has 0 amide bonds. The molecular formula is C19H31N3O2. The van der Waals surface area contributed by atoms with Crippen molar-refractivity contribution < 1.29 is 9.47 Å². The van der Waals surface area contributed by atoms with Gasteiger partial charge in [0, 0.05) is 25.8 Å². The van der Waals surface area contributed by atoms with E-state index < -0.39 is 0 Å². The molecule has 0 radical (unpaired) electrons. The van der Waals surface area contributed by atoms with Crippen molar-refractivity contribution in [1.82, 2.24) is 10.6 Å². The fourth-order valence-corrected chi connectivity index (χ4v) is 2.29. The number of hydrogen-bond acceptors (Lipinski definition) is 3. The molecule has 0 bridgehead atoms. The molecule has 1 fully saturated rings. The van der Waals surface area contributed by atoms with Gasteiger partial charge in [0.25, 0.3) is 0 Å². The van der Waals surface area contributed by atoms with Crippen LogP contribution in [0.5, 0.6) is 5.75 Å². The van der Waals surface area contributed by atoms with E-state index in [1.54, 1.807) is 7.11 Å². The predicted molar refractivity (Wildman–Crippen MR) is 98.6 cm³/mol. The van der Waals surface area contributed by atoms with E-state index in [-0.39, 0.29) is 5.60 Å². The molecule has 0 aromatic heterocycles. The van der Waals surface area contributed by atoms with Crippen LogP contribution in [0.15, 0.2) is 29.3 Å². The Morgan fingerprint density at radius 3 is 2.62 bits per heavy atom. The minimum Gasteiger partial charge on any atom is -0.490 e. The lowest BCUT2D eigenvalue weighted by Crippen LogP contribution is -2.45. The summed E-state index contributed by atoms with van der Waals surface area (Å²) >= 11 is 0. The van der Waals surface area contributed by atoms with Gasteiger partial charge in [-0.05, 0) is 46.1 Å². The number of aliphatic imine (C=N–C) groups is 1. The van der Waals surface area contributed by atoms with Gasteiger partial charge >= 0.3 is 0 Å². The van der Waals surface area contributed by atoms with Gasteiger partial charge < -0.3 is 20.1 Å². The van der Waals surface area contributed by atoms with E-state index in [1.165, 1.54) is 6.42 Å². The summed E-state index contributed by atoms with van der Waals surface area (Å²) in [7, 11) is 1.72. The molecule has 0 unspecified atom stereocenters. The van der Waals surface area contributed by atoms with E-state index >= 15 is 0 Å². The summed E-state index contributed by atoms with van der Waals surface area (Å²) in [6, 6.07) is 8.18. The Labute approximate surface area is 145 Å². The van der Waals surface area contributed by atoms with Crippen LogP contribution in [-0.2, 0) is 11.3 Å². The number of nitrogens with zero attached hydrogens (tertiary/aromatic N) is 1. The van der Waals surface area contributed by atoms with Crippen molar-refractivity contribution in [3.8, 4) is 5.75 Å². The van der Waals surface area contributed by atoms with Gasteiger partial charge in [-0.3, -0.25) is 0 Å². The van der Waals surface area contributed by atoms with Crippen molar-refractivity contribution in [3.05, 3.63) is 29.8 Å². The second-order valence-corrected chi connectivity index (χ2v) is 6.79. The van der Waals surface area contributed by atoms with Crippen LogP contribution in [0, 0.1) is 0 Å². The average molecular weight is 333 g/mol. The number of para-hydroxylation sites is 1. The molecule has 0 atom stereocenters. The first-order chi connectivity index (χ1) is 11.5. The van der Waals surface area contributed by atoms with Crippen molar-refractivity contribution in [2.45, 2.75) is 58.3 Å². The quantitative estimate of drug-likeness (QED) is 0.567. The second kappa shape index (κ2) is 8.92. The molecule has 0 heterocycles. The Bertz CT molecular complexity index is 539.